The van der Waals surface area contributed by atoms with E-state index in [4.69, 9.17) is 14.0 Å². The Morgan fingerprint density at radius 3 is 2.45 bits per heavy atom. The molecule has 6 nitrogen and oxygen atoms in total. The third-order valence-electron chi connectivity index (χ3n) is 6.87. The number of carbonyl (C=O) groups excluding carboxylic acids is 1. The number of aryl methyl sites for hydroxylation is 2. The van der Waals surface area contributed by atoms with Gasteiger partial charge in [-0.1, -0.05) is 60.6 Å². The maximum absolute atomic E-state index is 10.9. The van der Waals surface area contributed by atoms with E-state index in [1.807, 2.05) is 32.0 Å². The third-order valence-corrected chi connectivity index (χ3v) is 6.87. The highest BCUT2D eigenvalue weighted by molar-refractivity contribution is 5.79. The van der Waals surface area contributed by atoms with E-state index in [9.17, 15) is 4.79 Å². The molecule has 1 heterocycles. The van der Waals surface area contributed by atoms with Crippen LogP contribution in [0.1, 0.15) is 50.3 Å². The third kappa shape index (κ3) is 6.37. The van der Waals surface area contributed by atoms with Crippen LogP contribution in [0.25, 0.3) is 34.0 Å². The fourth-order valence-corrected chi connectivity index (χ4v) is 4.22. The maximum atomic E-state index is 10.9. The number of methoxy groups -OCH3 is 1. The first-order chi connectivity index (χ1) is 18.4. The molecule has 0 aliphatic heterocycles. The topological polar surface area (TPSA) is 74.5 Å². The molecule has 198 valence electrons. The van der Waals surface area contributed by atoms with E-state index in [1.54, 1.807) is 7.11 Å². The molecule has 6 heteroatoms. The molecule has 0 atom stereocenters. The van der Waals surface area contributed by atoms with Crippen molar-refractivity contribution < 1.29 is 18.8 Å². The summed E-state index contributed by atoms with van der Waals surface area (Å²) < 4.78 is 15.9. The Kier molecular flexibility index (Phi) is 8.74. The van der Waals surface area contributed by atoms with Gasteiger partial charge < -0.3 is 14.0 Å². The second-order valence-electron chi connectivity index (χ2n) is 9.88. The number of hydrogen-bond donors (Lipinski definition) is 0. The molecule has 0 amide bonds. The molecule has 1 aromatic heterocycles. The minimum atomic E-state index is -0.101. The monoisotopic (exact) mass is 512 g/mol. The van der Waals surface area contributed by atoms with Gasteiger partial charge in [-0.15, -0.1) is 0 Å². The fourth-order valence-electron chi connectivity index (χ4n) is 4.22. The van der Waals surface area contributed by atoms with E-state index < -0.39 is 0 Å². The largest absolute Gasteiger partial charge is 0.466 e. The number of esters is 1. The van der Waals surface area contributed by atoms with E-state index in [-0.39, 0.29) is 11.4 Å². The van der Waals surface area contributed by atoms with Gasteiger partial charge in [-0.05, 0) is 86.1 Å². The van der Waals surface area contributed by atoms with Crippen molar-refractivity contribution in [2.75, 3.05) is 13.7 Å². The highest BCUT2D eigenvalue weighted by atomic mass is 16.5. The van der Waals surface area contributed by atoms with Crippen LogP contribution in [0, 0.1) is 12.3 Å². The number of hydrogen-bond acceptors (Lipinski definition) is 6. The standard InChI is InChI=1S/C25H24N2O2.C7H12O2/c1-4-18-9-7-10-19(14-18)24-26-25(29-27-24)20-12-13-23(21(15-20)16-28-3)22-11-6-5-8-17(22)2;1-3-9-6(8)7(2)4-5-7/h5-15H,4,16H2,1-3H3;3-5H2,1-2H3. The molecule has 4 aromatic rings. The molecule has 0 unspecified atom stereocenters. The summed E-state index contributed by atoms with van der Waals surface area (Å²) in [5.41, 5.74) is 7.68. The van der Waals surface area contributed by atoms with Crippen molar-refractivity contribution in [2.24, 2.45) is 5.41 Å². The summed E-state index contributed by atoms with van der Waals surface area (Å²) in [5, 5.41) is 4.19. The quantitative estimate of drug-likeness (QED) is 0.228. The Labute approximate surface area is 225 Å². The Bertz CT molecular complexity index is 1390. The molecule has 0 bridgehead atoms. The molecule has 0 saturated heterocycles. The Balaban J connectivity index is 0.000000317. The molecule has 5 rings (SSSR count). The number of aromatic nitrogens is 2. The van der Waals surface area contributed by atoms with E-state index in [0.29, 0.717) is 24.9 Å². The van der Waals surface area contributed by atoms with Crippen molar-refractivity contribution in [3.05, 3.63) is 83.4 Å². The van der Waals surface area contributed by atoms with E-state index in [1.165, 1.54) is 16.7 Å². The van der Waals surface area contributed by atoms with Crippen molar-refractivity contribution >= 4 is 5.97 Å². The minimum absolute atomic E-state index is 0.0231. The van der Waals surface area contributed by atoms with Crippen LogP contribution in [0.2, 0.25) is 0 Å². The number of nitrogens with zero attached hydrogens (tertiary/aromatic N) is 2. The Morgan fingerprint density at radius 1 is 0.974 bits per heavy atom. The smallest absolute Gasteiger partial charge is 0.311 e. The van der Waals surface area contributed by atoms with Gasteiger partial charge in [-0.25, -0.2) is 0 Å². The molecule has 38 heavy (non-hydrogen) atoms. The lowest BCUT2D eigenvalue weighted by Crippen LogP contribution is -2.14. The highest BCUT2D eigenvalue weighted by Crippen LogP contribution is 2.45. The van der Waals surface area contributed by atoms with Gasteiger partial charge in [0, 0.05) is 18.2 Å². The van der Waals surface area contributed by atoms with Gasteiger partial charge in [-0.2, -0.15) is 4.98 Å². The Morgan fingerprint density at radius 2 is 1.76 bits per heavy atom. The fraction of sp³-hybridized carbons (Fsp3) is 0.344. The van der Waals surface area contributed by atoms with Gasteiger partial charge in [0.15, 0.2) is 0 Å². The first-order valence-corrected chi connectivity index (χ1v) is 13.2. The van der Waals surface area contributed by atoms with E-state index >= 15 is 0 Å². The average Bonchev–Trinajstić information content (AvgIpc) is 3.50. The van der Waals surface area contributed by atoms with Crippen molar-refractivity contribution in [1.82, 2.24) is 10.1 Å². The molecule has 1 saturated carbocycles. The van der Waals surface area contributed by atoms with Crippen LogP contribution in [0.5, 0.6) is 0 Å². The molecule has 1 aliphatic rings. The predicted octanol–water partition coefficient (Wildman–Crippen LogP) is 7.44. The van der Waals surface area contributed by atoms with E-state index in [2.05, 4.69) is 72.5 Å². The number of rotatable bonds is 8. The van der Waals surface area contributed by atoms with Gasteiger partial charge in [0.25, 0.3) is 5.89 Å². The van der Waals surface area contributed by atoms with Crippen LogP contribution in [-0.4, -0.2) is 29.8 Å². The summed E-state index contributed by atoms with van der Waals surface area (Å²) in [6.07, 6.45) is 2.98. The normalized spacial score (nSPS) is 13.4. The van der Waals surface area contributed by atoms with Gasteiger partial charge in [0.1, 0.15) is 0 Å². The van der Waals surface area contributed by atoms with Gasteiger partial charge >= 0.3 is 5.97 Å². The molecule has 0 spiro atoms. The maximum Gasteiger partial charge on any atom is 0.311 e. The predicted molar refractivity (Wildman–Crippen MR) is 149 cm³/mol. The van der Waals surface area contributed by atoms with Gasteiger partial charge in [0.2, 0.25) is 5.82 Å². The molecule has 3 aromatic carbocycles. The lowest BCUT2D eigenvalue weighted by atomic mass is 9.94. The molecule has 0 N–H and O–H groups in total. The second-order valence-corrected chi connectivity index (χ2v) is 9.88. The highest BCUT2D eigenvalue weighted by Gasteiger charge is 2.46. The minimum Gasteiger partial charge on any atom is -0.466 e. The van der Waals surface area contributed by atoms with Gasteiger partial charge in [-0.3, -0.25) is 4.79 Å². The second kappa shape index (κ2) is 12.2. The van der Waals surface area contributed by atoms with Crippen LogP contribution in [0.3, 0.4) is 0 Å². The average molecular weight is 513 g/mol. The van der Waals surface area contributed by atoms with Crippen LogP contribution >= 0.6 is 0 Å². The van der Waals surface area contributed by atoms with Crippen LogP contribution in [0.4, 0.5) is 0 Å². The van der Waals surface area contributed by atoms with Crippen molar-refractivity contribution in [3.8, 4) is 34.0 Å². The molecule has 1 aliphatic carbocycles. The first-order valence-electron chi connectivity index (χ1n) is 13.2. The SMILES string of the molecule is CCOC(=O)C1(C)CC1.CCc1cccc(-c2noc(-c3ccc(-c4ccccc4C)c(COC)c3)n2)c1. The summed E-state index contributed by atoms with van der Waals surface area (Å²) in [5.74, 6) is 1.09. The summed E-state index contributed by atoms with van der Waals surface area (Å²) in [6.45, 7) is 9.06. The lowest BCUT2D eigenvalue weighted by molar-refractivity contribution is -0.148. The van der Waals surface area contributed by atoms with E-state index in [0.717, 1.165) is 41.5 Å². The summed E-state index contributed by atoms with van der Waals surface area (Å²) in [6, 6.07) is 22.8. The summed E-state index contributed by atoms with van der Waals surface area (Å²) in [4.78, 5) is 15.5. The number of benzene rings is 3. The molecular weight excluding hydrogens is 476 g/mol. The molecule has 0 radical (unpaired) electrons. The van der Waals surface area contributed by atoms with Crippen molar-refractivity contribution in [3.63, 3.8) is 0 Å². The molecular formula is C32H36N2O4. The zero-order chi connectivity index (χ0) is 27.1. The summed E-state index contributed by atoms with van der Waals surface area (Å²) in [7, 11) is 1.71. The van der Waals surface area contributed by atoms with Gasteiger partial charge in [0.05, 0.1) is 18.6 Å². The first kappa shape index (κ1) is 27.3. The van der Waals surface area contributed by atoms with Crippen LogP contribution in [-0.2, 0) is 27.3 Å². The number of ether oxygens (including phenoxy) is 2. The molecule has 1 fully saturated rings. The van der Waals surface area contributed by atoms with Crippen LogP contribution in [0.15, 0.2) is 71.3 Å². The van der Waals surface area contributed by atoms with Crippen LogP contribution < -0.4 is 0 Å². The summed E-state index contributed by atoms with van der Waals surface area (Å²) >= 11 is 0. The number of carbonyl (C=O) groups is 1. The zero-order valence-electron chi connectivity index (χ0n) is 22.9. The Hall–Kier alpha value is -3.77. The van der Waals surface area contributed by atoms with Crippen molar-refractivity contribution in [2.45, 2.75) is 53.6 Å². The van der Waals surface area contributed by atoms with Crippen molar-refractivity contribution in [1.29, 1.82) is 0 Å². The zero-order valence-corrected chi connectivity index (χ0v) is 22.9. The lowest BCUT2D eigenvalue weighted by Gasteiger charge is -2.12.